The summed E-state index contributed by atoms with van der Waals surface area (Å²) >= 11 is 0. The molecule has 0 aliphatic carbocycles. The van der Waals surface area contributed by atoms with Crippen molar-refractivity contribution in [1.29, 1.82) is 0 Å². The number of benzene rings is 1. The molecule has 29 nitrogen and oxygen atoms in total. The second kappa shape index (κ2) is 33.1. The summed E-state index contributed by atoms with van der Waals surface area (Å²) in [6, 6.07) is -6.49. The Morgan fingerprint density at radius 1 is 0.480 bits per heavy atom. The van der Waals surface area contributed by atoms with Crippen LogP contribution in [0.4, 0.5) is 5.69 Å². The van der Waals surface area contributed by atoms with E-state index in [0.29, 0.717) is 22.8 Å². The minimum Gasteiger partial charge on any atom is -0.388 e. The molecule has 552 valence electrons. The monoisotopic (exact) mass is 1380 g/mol. The molecule has 2 saturated heterocycles. The molecular formula is C69H115N13O16. The normalized spacial score (nSPS) is 29.0. The fourth-order valence-electron chi connectivity index (χ4n) is 14.1. The summed E-state index contributed by atoms with van der Waals surface area (Å²) in [7, 11) is 11.7. The zero-order valence-electron chi connectivity index (χ0n) is 62.6. The number of hydrogen-bond acceptors (Lipinski definition) is 17. The number of likely N-dealkylation sites (N-methyl/N-ethyl adjacent to an activating group) is 9. The molecule has 3 aliphatic heterocycles. The van der Waals surface area contributed by atoms with Crippen LogP contribution in [0.3, 0.4) is 0 Å². The van der Waals surface area contributed by atoms with E-state index in [9.17, 15) is 49.3 Å². The van der Waals surface area contributed by atoms with E-state index >= 15 is 28.8 Å². The van der Waals surface area contributed by atoms with Crippen LogP contribution < -0.4 is 15.7 Å². The maximum atomic E-state index is 15.5. The fourth-order valence-corrected chi connectivity index (χ4v) is 14.1. The number of aliphatic hydroxyl groups excluding tert-OH is 1. The van der Waals surface area contributed by atoms with Crippen LogP contribution in [0.15, 0.2) is 24.3 Å². The van der Waals surface area contributed by atoms with Crippen LogP contribution in [-0.2, 0) is 63.1 Å². The number of rotatable bonds is 11. The first kappa shape index (κ1) is 82.9. The van der Waals surface area contributed by atoms with Gasteiger partial charge < -0.3 is 75.0 Å². The number of anilines is 1. The molecule has 4 rings (SSSR count). The van der Waals surface area contributed by atoms with Gasteiger partial charge in [-0.2, -0.15) is 0 Å². The zero-order chi connectivity index (χ0) is 75.3. The lowest BCUT2D eigenvalue weighted by Gasteiger charge is -2.42. The van der Waals surface area contributed by atoms with E-state index in [1.54, 1.807) is 109 Å². The summed E-state index contributed by atoms with van der Waals surface area (Å²) in [6.07, 6.45) is -3.53. The first-order chi connectivity index (χ1) is 45.2. The molecule has 0 radical (unpaired) electrons. The van der Waals surface area contributed by atoms with E-state index in [2.05, 4.69) is 10.6 Å². The Morgan fingerprint density at radius 3 is 1.36 bits per heavy atom. The lowest BCUT2D eigenvalue weighted by molar-refractivity contribution is -0.164. The summed E-state index contributed by atoms with van der Waals surface area (Å²) in [4.78, 5) is 190. The number of hydroxylamine groups is 1. The van der Waals surface area contributed by atoms with Crippen LogP contribution in [0, 0.1) is 41.4 Å². The largest absolute Gasteiger partial charge is 0.388 e. The second-order valence-electron chi connectivity index (χ2n) is 29.5. The van der Waals surface area contributed by atoms with Crippen LogP contribution in [0.2, 0.25) is 0 Å². The van der Waals surface area contributed by atoms with Crippen molar-refractivity contribution in [3.63, 3.8) is 0 Å². The van der Waals surface area contributed by atoms with E-state index in [-0.39, 0.29) is 17.7 Å². The van der Waals surface area contributed by atoms with E-state index in [4.69, 9.17) is 0 Å². The van der Waals surface area contributed by atoms with E-state index < -0.39 is 210 Å². The first-order valence-corrected chi connectivity index (χ1v) is 34.2. The van der Waals surface area contributed by atoms with Gasteiger partial charge in [0.15, 0.2) is 6.17 Å². The van der Waals surface area contributed by atoms with Gasteiger partial charge >= 0.3 is 0 Å². The van der Waals surface area contributed by atoms with Gasteiger partial charge in [-0.15, -0.1) is 0 Å². The standard InChI is InChI=1S/C69H115N13O16/c1-26-40(12)49-60(89)76(21)52(39(10)11)63(92)77(22)51(38(8)9)61(90)72(17)34-46(83)74(19)55(68(15,16)96)65(94)79(24)54(42(14)28-3)64(93)80(25)66(95)57(86)70-48(36(4)5)59(88)78(23)53(41(13)27-2)62(91)73(18)35-47(84)81-45(58(87)75(20)50(37(6)7)56(85)71-49)33-69(97)43-31-29-30-32-44(43)82(98)67(69)81/h29-32,36-42,45,48-55,66-67,95-98H,26-28,33-35H2,1-25H3,(H,70,86)(H,71,85)/t40-,41-,42-,45-,48-,49-,50-,51-,52-,53-,54-,55+,66+,67+,69+/m0/s1. The second-order valence-corrected chi connectivity index (χ2v) is 29.5. The molecule has 0 aromatic heterocycles. The summed E-state index contributed by atoms with van der Waals surface area (Å²) in [5, 5.41) is 54.3. The zero-order valence-corrected chi connectivity index (χ0v) is 62.6. The predicted octanol–water partition coefficient (Wildman–Crippen LogP) is 1.18. The minimum absolute atomic E-state index is 0.132. The molecule has 3 aliphatic rings. The molecule has 6 N–H and O–H groups in total. The highest BCUT2D eigenvalue weighted by Gasteiger charge is 2.64. The van der Waals surface area contributed by atoms with Gasteiger partial charge in [-0.1, -0.05) is 134 Å². The number of nitrogens with zero attached hydrogens (tertiary/aromatic N) is 11. The van der Waals surface area contributed by atoms with Gasteiger partial charge in [0, 0.05) is 75.4 Å². The molecule has 0 spiro atoms. The van der Waals surface area contributed by atoms with Crippen LogP contribution >= 0.6 is 0 Å². The summed E-state index contributed by atoms with van der Waals surface area (Å²) in [5.74, 6) is -14.6. The molecule has 98 heavy (non-hydrogen) atoms. The van der Waals surface area contributed by atoms with Crippen LogP contribution in [-0.4, -0.2) is 289 Å². The lowest BCUT2D eigenvalue weighted by Crippen LogP contribution is -2.64. The van der Waals surface area contributed by atoms with Crippen molar-refractivity contribution in [2.24, 2.45) is 41.4 Å². The van der Waals surface area contributed by atoms with E-state index in [1.165, 1.54) is 92.2 Å². The highest BCUT2D eigenvalue weighted by molar-refractivity contribution is 6.00. The molecule has 2 fully saturated rings. The minimum atomic E-state index is -2.29. The Morgan fingerprint density at radius 2 is 0.878 bits per heavy atom. The van der Waals surface area contributed by atoms with Gasteiger partial charge in [0.25, 0.3) is 5.91 Å². The number of nitrogens with one attached hydrogen (secondary N) is 2. The highest BCUT2D eigenvalue weighted by Crippen LogP contribution is 2.52. The van der Waals surface area contributed by atoms with Crippen molar-refractivity contribution in [3.05, 3.63) is 29.8 Å². The lowest BCUT2D eigenvalue weighted by atomic mass is 9.90. The van der Waals surface area contributed by atoms with Gasteiger partial charge in [0.2, 0.25) is 71.2 Å². The maximum absolute atomic E-state index is 15.5. The van der Waals surface area contributed by atoms with Crippen LogP contribution in [0.5, 0.6) is 0 Å². The SMILES string of the molecule is CC[C@H](C)[C@@H]1NC(=O)[C@H](C(C)C)N(C)C(=O)[C@@H]2C[C@@]3(O)c4ccccc4N(O)[C@H]3N2C(=O)CN(C)C(=O)[C@H]([C@@H](C)CC)N(C)C(=O)[C@H](C(C)C)NC(=O)[C@@H](O)N(C)C(=O)[C@H]([C@@H](C)CC)N(C)C(=O)[C@H](C(C)(C)O)N(C)C(=O)CN(C)C(=O)[C@H](C(C)C)N(C)C(=O)[C@H](C(C)C)N(C)C1=O. The molecule has 29 heteroatoms. The van der Waals surface area contributed by atoms with Crippen molar-refractivity contribution in [2.45, 2.75) is 214 Å². The van der Waals surface area contributed by atoms with Gasteiger partial charge in [-0.05, 0) is 61.3 Å². The van der Waals surface area contributed by atoms with Crippen LogP contribution in [0.25, 0.3) is 0 Å². The Labute approximate surface area is 579 Å². The Bertz CT molecular complexity index is 3100. The Hall–Kier alpha value is -7.50. The fraction of sp³-hybridized carbons (Fsp3) is 0.739. The summed E-state index contributed by atoms with van der Waals surface area (Å²) < 4.78 is 0. The van der Waals surface area contributed by atoms with Crippen LogP contribution in [0.1, 0.15) is 142 Å². The number of carbonyl (C=O) groups is 12. The molecule has 0 unspecified atom stereocenters. The van der Waals surface area contributed by atoms with Gasteiger partial charge in [-0.25, -0.2) is 5.06 Å². The average Bonchev–Trinajstić information content (AvgIpc) is 1.54. The molecular weight excluding hydrogens is 1270 g/mol. The number of fused-ring (bicyclic) bond motifs is 5. The molecule has 15 atom stereocenters. The topological polar surface area (TPSA) is 345 Å². The molecule has 0 bridgehead atoms. The van der Waals surface area contributed by atoms with Crippen molar-refractivity contribution >= 4 is 76.6 Å². The molecule has 1 aromatic rings. The average molecular weight is 1380 g/mol. The first-order valence-electron chi connectivity index (χ1n) is 34.2. The Kier molecular flexibility index (Phi) is 28.0. The van der Waals surface area contributed by atoms with E-state index in [1.807, 2.05) is 0 Å². The number of amides is 12. The molecule has 0 saturated carbocycles. The third kappa shape index (κ3) is 16.9. The van der Waals surface area contributed by atoms with Crippen molar-refractivity contribution in [3.8, 4) is 0 Å². The van der Waals surface area contributed by atoms with Crippen molar-refractivity contribution in [2.75, 3.05) is 81.6 Å². The van der Waals surface area contributed by atoms with Gasteiger partial charge in [0.1, 0.15) is 60.0 Å². The molecule has 1 aromatic carbocycles. The number of hydrogen-bond donors (Lipinski definition) is 6. The highest BCUT2D eigenvalue weighted by atomic mass is 16.5. The summed E-state index contributed by atoms with van der Waals surface area (Å²) in [6.45, 7) is 24.8. The maximum Gasteiger partial charge on any atom is 0.270 e. The van der Waals surface area contributed by atoms with Crippen molar-refractivity contribution in [1.82, 2.24) is 59.6 Å². The smallest absolute Gasteiger partial charge is 0.270 e. The molecule has 3 heterocycles. The van der Waals surface area contributed by atoms with E-state index in [0.717, 1.165) is 41.3 Å². The third-order valence-electron chi connectivity index (χ3n) is 20.5. The van der Waals surface area contributed by atoms with Crippen molar-refractivity contribution < 1.29 is 78.1 Å². The molecule has 12 amide bonds. The summed E-state index contributed by atoms with van der Waals surface area (Å²) in [5.41, 5.74) is -3.81. The number of para-hydroxylation sites is 1. The predicted molar refractivity (Wildman–Crippen MR) is 365 cm³/mol. The Balaban J connectivity index is 1.97. The number of carbonyl (C=O) groups excluding carboxylic acids is 12. The van der Waals surface area contributed by atoms with Gasteiger partial charge in [-0.3, -0.25) is 62.7 Å². The number of aliphatic hydroxyl groups is 3. The quantitative estimate of drug-likeness (QED) is 0.181. The third-order valence-corrected chi connectivity index (χ3v) is 20.5. The van der Waals surface area contributed by atoms with Gasteiger partial charge in [0.05, 0.1) is 24.4 Å².